The zero-order chi connectivity index (χ0) is 18.9. The zero-order valence-electron chi connectivity index (χ0n) is 14.7. The molecule has 0 amide bonds. The lowest BCUT2D eigenvalue weighted by Gasteiger charge is -2.19. The number of ether oxygens (including phenoxy) is 1. The van der Waals surface area contributed by atoms with E-state index in [1.54, 1.807) is 18.3 Å². The van der Waals surface area contributed by atoms with Gasteiger partial charge < -0.3 is 14.6 Å². The van der Waals surface area contributed by atoms with Gasteiger partial charge in [0.2, 0.25) is 0 Å². The molecule has 0 aliphatic carbocycles. The van der Waals surface area contributed by atoms with Gasteiger partial charge in [0.1, 0.15) is 12.4 Å². The van der Waals surface area contributed by atoms with Crippen LogP contribution in [0.15, 0.2) is 90.0 Å². The van der Waals surface area contributed by atoms with E-state index in [4.69, 9.17) is 4.74 Å². The molecule has 0 fully saturated rings. The first-order valence-corrected chi connectivity index (χ1v) is 8.54. The minimum Gasteiger partial charge on any atom is -0.546 e. The summed E-state index contributed by atoms with van der Waals surface area (Å²) < 4.78 is 5.08. The minimum absolute atomic E-state index is 0.466. The van der Waals surface area contributed by atoms with Gasteiger partial charge in [0.15, 0.2) is 0 Å². The van der Waals surface area contributed by atoms with E-state index in [1.165, 1.54) is 0 Å². The average molecular weight is 359 g/mol. The van der Waals surface area contributed by atoms with Crippen LogP contribution in [0.25, 0.3) is 0 Å². The number of hydrazone groups is 1. The zero-order valence-corrected chi connectivity index (χ0v) is 14.7. The second-order valence-electron chi connectivity index (χ2n) is 5.85. The molecule has 0 spiro atoms. The fraction of sp³-hybridized carbons (Fsp3) is 0.0909. The molecular formula is C22H19N2O3-. The lowest BCUT2D eigenvalue weighted by molar-refractivity contribution is -0.307. The molecule has 3 rings (SSSR count). The number of benzene rings is 3. The van der Waals surface area contributed by atoms with Gasteiger partial charge in [0, 0.05) is 0 Å². The van der Waals surface area contributed by atoms with Crippen LogP contribution in [0.3, 0.4) is 0 Å². The summed E-state index contributed by atoms with van der Waals surface area (Å²) >= 11 is 0. The number of carbonyl (C=O) groups is 1. The van der Waals surface area contributed by atoms with Crippen molar-refractivity contribution in [2.24, 2.45) is 5.10 Å². The number of para-hydroxylation sites is 1. The van der Waals surface area contributed by atoms with E-state index < -0.39 is 12.6 Å². The van der Waals surface area contributed by atoms with Crippen LogP contribution < -0.4 is 14.9 Å². The van der Waals surface area contributed by atoms with Crippen molar-refractivity contribution in [3.8, 4) is 5.75 Å². The lowest BCUT2D eigenvalue weighted by Crippen LogP contribution is -2.28. The van der Waals surface area contributed by atoms with Gasteiger partial charge in [-0.25, -0.2) is 0 Å². The minimum atomic E-state index is -1.25. The van der Waals surface area contributed by atoms with E-state index >= 15 is 0 Å². The highest BCUT2D eigenvalue weighted by molar-refractivity contribution is 5.80. The van der Waals surface area contributed by atoms with Gasteiger partial charge in [-0.2, -0.15) is 5.10 Å². The van der Waals surface area contributed by atoms with Crippen molar-refractivity contribution in [3.05, 3.63) is 96.1 Å². The van der Waals surface area contributed by atoms with E-state index in [0.717, 1.165) is 16.8 Å². The molecule has 0 radical (unpaired) electrons. The Kier molecular flexibility index (Phi) is 6.20. The highest BCUT2D eigenvalue weighted by Gasteiger charge is 2.05. The van der Waals surface area contributed by atoms with Gasteiger partial charge in [-0.05, 0) is 47.5 Å². The molecule has 0 atom stereocenters. The molecule has 0 aliphatic heterocycles. The van der Waals surface area contributed by atoms with Gasteiger partial charge >= 0.3 is 0 Å². The summed E-state index contributed by atoms with van der Waals surface area (Å²) in [5.74, 6) is -0.777. The monoisotopic (exact) mass is 359 g/mol. The van der Waals surface area contributed by atoms with Crippen LogP contribution in [0.4, 0.5) is 5.69 Å². The van der Waals surface area contributed by atoms with Crippen molar-refractivity contribution < 1.29 is 14.6 Å². The van der Waals surface area contributed by atoms with Crippen LogP contribution in [0.1, 0.15) is 11.1 Å². The van der Waals surface area contributed by atoms with Crippen LogP contribution in [0, 0.1) is 0 Å². The molecule has 136 valence electrons. The van der Waals surface area contributed by atoms with Crippen molar-refractivity contribution in [1.82, 2.24) is 0 Å². The average Bonchev–Trinajstić information content (AvgIpc) is 2.71. The van der Waals surface area contributed by atoms with Crippen LogP contribution in [0.5, 0.6) is 5.75 Å². The number of nitrogens with zero attached hydrogens (tertiary/aromatic N) is 2. The van der Waals surface area contributed by atoms with E-state index in [1.807, 2.05) is 65.7 Å². The molecule has 5 heteroatoms. The predicted octanol–water partition coefficient (Wildman–Crippen LogP) is 2.86. The first kappa shape index (κ1) is 18.2. The van der Waals surface area contributed by atoms with Crippen LogP contribution in [-0.2, 0) is 11.3 Å². The second-order valence-corrected chi connectivity index (χ2v) is 5.85. The van der Waals surface area contributed by atoms with Crippen molar-refractivity contribution in [3.63, 3.8) is 0 Å². The maximum Gasteiger partial charge on any atom is 0.128 e. The van der Waals surface area contributed by atoms with E-state index in [0.29, 0.717) is 12.3 Å². The SMILES string of the molecule is O=C([O-])COc1ccc(/C=N\N(Cc2ccccc2)c2ccccc2)cc1. The molecule has 0 bridgehead atoms. The number of aliphatic carboxylic acids is 1. The standard InChI is InChI=1S/C22H20N2O3/c25-22(26)17-27-21-13-11-18(12-14-21)15-23-24(20-9-5-2-6-10-20)16-19-7-3-1-4-8-19/h1-15H,16-17H2,(H,25,26)/p-1/b23-15-. The van der Waals surface area contributed by atoms with Gasteiger partial charge in [0.05, 0.1) is 24.4 Å². The van der Waals surface area contributed by atoms with Gasteiger partial charge in [-0.15, -0.1) is 0 Å². The number of hydrogen-bond donors (Lipinski definition) is 0. The van der Waals surface area contributed by atoms with E-state index in [9.17, 15) is 9.90 Å². The maximum atomic E-state index is 10.4. The number of anilines is 1. The molecule has 0 heterocycles. The Morgan fingerprint density at radius 2 is 1.56 bits per heavy atom. The van der Waals surface area contributed by atoms with Crippen molar-refractivity contribution in [1.29, 1.82) is 0 Å². The molecule has 0 N–H and O–H groups in total. The summed E-state index contributed by atoms with van der Waals surface area (Å²) in [7, 11) is 0. The summed E-state index contributed by atoms with van der Waals surface area (Å²) in [6.07, 6.45) is 1.76. The van der Waals surface area contributed by atoms with Gasteiger partial charge in [-0.3, -0.25) is 5.01 Å². The lowest BCUT2D eigenvalue weighted by atomic mass is 10.2. The number of hydrogen-bond acceptors (Lipinski definition) is 5. The smallest absolute Gasteiger partial charge is 0.128 e. The summed E-state index contributed by atoms with van der Waals surface area (Å²) in [5, 5.41) is 17.0. The summed E-state index contributed by atoms with van der Waals surface area (Å²) in [4.78, 5) is 10.4. The molecule has 0 unspecified atom stereocenters. The second kappa shape index (κ2) is 9.20. The number of carboxylic acid groups (broad SMARTS) is 1. The molecule has 0 aromatic heterocycles. The molecule has 3 aromatic carbocycles. The quantitative estimate of drug-likeness (QED) is 0.458. The fourth-order valence-electron chi connectivity index (χ4n) is 2.48. The largest absolute Gasteiger partial charge is 0.546 e. The normalized spacial score (nSPS) is 10.7. The number of carbonyl (C=O) groups excluding carboxylic acids is 1. The Morgan fingerprint density at radius 1 is 0.926 bits per heavy atom. The highest BCUT2D eigenvalue weighted by Crippen LogP contribution is 2.18. The van der Waals surface area contributed by atoms with Gasteiger partial charge in [0.25, 0.3) is 0 Å². The first-order valence-electron chi connectivity index (χ1n) is 8.54. The molecule has 3 aromatic rings. The van der Waals surface area contributed by atoms with Gasteiger partial charge in [-0.1, -0.05) is 48.5 Å². The maximum absolute atomic E-state index is 10.4. The summed E-state index contributed by atoms with van der Waals surface area (Å²) in [6.45, 7) is 0.181. The Bertz CT molecular complexity index is 878. The van der Waals surface area contributed by atoms with E-state index in [2.05, 4.69) is 17.2 Å². The Morgan fingerprint density at radius 3 is 2.19 bits per heavy atom. The molecule has 5 nitrogen and oxygen atoms in total. The van der Waals surface area contributed by atoms with Crippen molar-refractivity contribution in [2.45, 2.75) is 6.54 Å². The van der Waals surface area contributed by atoms with Crippen LogP contribution >= 0.6 is 0 Å². The topological polar surface area (TPSA) is 65.0 Å². The summed E-state index contributed by atoms with van der Waals surface area (Å²) in [6, 6.07) is 27.1. The Hall–Kier alpha value is -3.60. The fourth-order valence-corrected chi connectivity index (χ4v) is 2.48. The third-order valence-corrected chi connectivity index (χ3v) is 3.81. The molecular weight excluding hydrogens is 340 g/mol. The Labute approximate surface area is 158 Å². The highest BCUT2D eigenvalue weighted by atomic mass is 16.5. The van der Waals surface area contributed by atoms with Crippen molar-refractivity contribution in [2.75, 3.05) is 11.6 Å². The molecule has 0 saturated heterocycles. The Balaban J connectivity index is 1.74. The third kappa shape index (κ3) is 5.71. The van der Waals surface area contributed by atoms with Crippen molar-refractivity contribution >= 4 is 17.9 Å². The number of rotatable bonds is 8. The van der Waals surface area contributed by atoms with E-state index in [-0.39, 0.29) is 0 Å². The molecule has 27 heavy (non-hydrogen) atoms. The first-order chi connectivity index (χ1) is 13.2. The summed E-state index contributed by atoms with van der Waals surface area (Å²) in [5.41, 5.74) is 3.03. The molecule has 0 aliphatic rings. The van der Waals surface area contributed by atoms with Crippen LogP contribution in [0.2, 0.25) is 0 Å². The predicted molar refractivity (Wildman–Crippen MR) is 104 cm³/mol. The molecule has 0 saturated carbocycles. The van der Waals surface area contributed by atoms with Crippen LogP contribution in [-0.4, -0.2) is 18.8 Å². The third-order valence-electron chi connectivity index (χ3n) is 3.81. The number of carboxylic acids is 1.